The van der Waals surface area contributed by atoms with Crippen molar-refractivity contribution in [3.05, 3.63) is 132 Å². The van der Waals surface area contributed by atoms with Crippen LogP contribution in [0, 0.1) is 0 Å². The molecular formula is C34H24N2O4. The minimum absolute atomic E-state index is 0.321. The maximum Gasteiger partial charge on any atom is 0.258 e. The third-order valence-corrected chi connectivity index (χ3v) is 7.15. The van der Waals surface area contributed by atoms with Crippen LogP contribution in [0.5, 0.6) is 0 Å². The van der Waals surface area contributed by atoms with Crippen molar-refractivity contribution in [2.75, 3.05) is 9.80 Å². The molecule has 0 bridgehead atoms. The van der Waals surface area contributed by atoms with Crippen molar-refractivity contribution >= 4 is 35.0 Å². The Balaban J connectivity index is 1.05. The molecule has 0 spiro atoms. The molecule has 4 aromatic carbocycles. The molecule has 4 amide bonds. The predicted octanol–water partition coefficient (Wildman–Crippen LogP) is 5.66. The van der Waals surface area contributed by atoms with E-state index < -0.39 is 0 Å². The van der Waals surface area contributed by atoms with Crippen LogP contribution < -0.4 is 9.80 Å². The monoisotopic (exact) mass is 524 g/mol. The molecule has 0 atom stereocenters. The van der Waals surface area contributed by atoms with Crippen molar-refractivity contribution < 1.29 is 19.2 Å². The van der Waals surface area contributed by atoms with E-state index in [-0.39, 0.29) is 23.6 Å². The Kier molecular flexibility index (Phi) is 6.50. The van der Waals surface area contributed by atoms with Gasteiger partial charge in [0.1, 0.15) is 0 Å². The van der Waals surface area contributed by atoms with E-state index in [0.29, 0.717) is 11.4 Å². The highest BCUT2D eigenvalue weighted by atomic mass is 16.2. The number of aryl methyl sites for hydroxylation is 2. The highest BCUT2D eigenvalue weighted by Crippen LogP contribution is 2.27. The van der Waals surface area contributed by atoms with Gasteiger partial charge in [0.2, 0.25) is 0 Å². The summed E-state index contributed by atoms with van der Waals surface area (Å²) < 4.78 is 0. The Hall–Kier alpha value is -5.36. The maximum absolute atomic E-state index is 11.9. The van der Waals surface area contributed by atoms with Crippen LogP contribution in [0.25, 0.3) is 22.3 Å². The molecule has 0 radical (unpaired) electrons. The van der Waals surface area contributed by atoms with Gasteiger partial charge in [-0.05, 0) is 70.5 Å². The van der Waals surface area contributed by atoms with Crippen LogP contribution >= 0.6 is 0 Å². The first-order valence-electron chi connectivity index (χ1n) is 13.0. The van der Waals surface area contributed by atoms with E-state index in [9.17, 15) is 19.2 Å². The highest BCUT2D eigenvalue weighted by molar-refractivity contribution is 6.28. The van der Waals surface area contributed by atoms with Gasteiger partial charge in [0.25, 0.3) is 23.6 Å². The van der Waals surface area contributed by atoms with E-state index in [0.717, 1.165) is 44.9 Å². The lowest BCUT2D eigenvalue weighted by molar-refractivity contribution is -0.121. The van der Waals surface area contributed by atoms with Crippen molar-refractivity contribution in [1.29, 1.82) is 0 Å². The first-order valence-corrected chi connectivity index (χ1v) is 13.0. The number of benzene rings is 4. The molecule has 0 unspecified atom stereocenters. The maximum atomic E-state index is 11.9. The molecule has 6 rings (SSSR count). The van der Waals surface area contributed by atoms with Gasteiger partial charge in [-0.1, -0.05) is 72.8 Å². The molecular weight excluding hydrogens is 500 g/mol. The summed E-state index contributed by atoms with van der Waals surface area (Å²) in [5, 5.41) is 0. The van der Waals surface area contributed by atoms with E-state index in [1.54, 1.807) is 24.3 Å². The number of rotatable bonds is 7. The molecule has 194 valence electrons. The SMILES string of the molecule is O=C1C=CC(=O)N1c1ccc(-c2ccc(CCc3ccc(-c4ccc(N5C(=O)C=CC5=O)cc4)cc3)cc2)cc1. The predicted molar refractivity (Wildman–Crippen MR) is 154 cm³/mol. The van der Waals surface area contributed by atoms with Crippen LogP contribution in [-0.2, 0) is 32.0 Å². The Morgan fingerprint density at radius 2 is 0.600 bits per heavy atom. The van der Waals surface area contributed by atoms with Crippen LogP contribution in [0.2, 0.25) is 0 Å². The molecule has 0 saturated heterocycles. The van der Waals surface area contributed by atoms with Crippen LogP contribution in [0.15, 0.2) is 121 Å². The number of imide groups is 2. The number of amides is 4. The van der Waals surface area contributed by atoms with Gasteiger partial charge in [-0.25, -0.2) is 9.80 Å². The van der Waals surface area contributed by atoms with Crippen LogP contribution in [0.3, 0.4) is 0 Å². The van der Waals surface area contributed by atoms with Crippen molar-refractivity contribution in [2.24, 2.45) is 0 Å². The Labute approximate surface area is 231 Å². The number of anilines is 2. The van der Waals surface area contributed by atoms with Gasteiger partial charge in [0, 0.05) is 24.3 Å². The topological polar surface area (TPSA) is 74.8 Å². The summed E-state index contributed by atoms with van der Waals surface area (Å²) in [5.41, 5.74) is 7.77. The number of carbonyl (C=O) groups is 4. The smallest absolute Gasteiger partial charge is 0.258 e. The molecule has 40 heavy (non-hydrogen) atoms. The Bertz CT molecular complexity index is 1520. The molecule has 4 aromatic rings. The zero-order chi connectivity index (χ0) is 27.6. The molecule has 2 heterocycles. The van der Waals surface area contributed by atoms with Gasteiger partial charge in [0.05, 0.1) is 11.4 Å². The summed E-state index contributed by atoms with van der Waals surface area (Å²) >= 11 is 0. The number of hydrogen-bond acceptors (Lipinski definition) is 4. The van der Waals surface area contributed by atoms with E-state index in [2.05, 4.69) is 48.5 Å². The van der Waals surface area contributed by atoms with Crippen molar-refractivity contribution in [3.8, 4) is 22.3 Å². The van der Waals surface area contributed by atoms with Crippen molar-refractivity contribution in [2.45, 2.75) is 12.8 Å². The normalized spacial score (nSPS) is 14.6. The molecule has 0 saturated carbocycles. The quantitative estimate of drug-likeness (QED) is 0.292. The Morgan fingerprint density at radius 3 is 0.875 bits per heavy atom. The van der Waals surface area contributed by atoms with E-state index >= 15 is 0 Å². The second-order valence-corrected chi connectivity index (χ2v) is 9.68. The van der Waals surface area contributed by atoms with E-state index in [1.807, 2.05) is 24.3 Å². The average Bonchev–Trinajstić information content (AvgIpc) is 3.51. The first kappa shape index (κ1) is 24.9. The molecule has 6 heteroatoms. The van der Waals surface area contributed by atoms with Gasteiger partial charge in [0.15, 0.2) is 0 Å². The fraction of sp³-hybridized carbons (Fsp3) is 0.0588. The summed E-state index contributed by atoms with van der Waals surface area (Å²) in [6, 6.07) is 31.7. The highest BCUT2D eigenvalue weighted by Gasteiger charge is 2.25. The molecule has 0 aromatic heterocycles. The fourth-order valence-corrected chi connectivity index (χ4v) is 4.93. The van der Waals surface area contributed by atoms with Gasteiger partial charge in [-0.3, -0.25) is 19.2 Å². The fourth-order valence-electron chi connectivity index (χ4n) is 4.93. The van der Waals surface area contributed by atoms with Gasteiger partial charge in [-0.15, -0.1) is 0 Å². The zero-order valence-corrected chi connectivity index (χ0v) is 21.5. The second-order valence-electron chi connectivity index (χ2n) is 9.68. The lowest BCUT2D eigenvalue weighted by atomic mass is 9.98. The van der Waals surface area contributed by atoms with Gasteiger partial charge < -0.3 is 0 Å². The van der Waals surface area contributed by atoms with Gasteiger partial charge in [-0.2, -0.15) is 0 Å². The van der Waals surface area contributed by atoms with Crippen molar-refractivity contribution in [3.63, 3.8) is 0 Å². The summed E-state index contributed by atoms with van der Waals surface area (Å²) in [6.07, 6.45) is 6.95. The number of hydrogen-bond donors (Lipinski definition) is 0. The first-order chi connectivity index (χ1) is 19.5. The van der Waals surface area contributed by atoms with Gasteiger partial charge >= 0.3 is 0 Å². The third-order valence-electron chi connectivity index (χ3n) is 7.15. The molecule has 6 nitrogen and oxygen atoms in total. The van der Waals surface area contributed by atoms with Crippen molar-refractivity contribution in [1.82, 2.24) is 0 Å². The second kappa shape index (κ2) is 10.4. The number of nitrogens with zero attached hydrogens (tertiary/aromatic N) is 2. The standard InChI is InChI=1S/C34H24N2O4/c37-31-19-20-32(38)35(31)29-15-11-27(12-16-29)25-7-3-23(4-8-25)1-2-24-5-9-26(10-6-24)28-13-17-30(18-14-28)36-33(39)21-22-34(36)40/h3-22H,1-2H2. The largest absolute Gasteiger partial charge is 0.269 e. The Morgan fingerprint density at radius 1 is 0.350 bits per heavy atom. The molecule has 2 aliphatic heterocycles. The summed E-state index contributed by atoms with van der Waals surface area (Å²) in [7, 11) is 0. The number of carbonyl (C=O) groups excluding carboxylic acids is 4. The van der Waals surface area contributed by atoms with Crippen LogP contribution in [0.4, 0.5) is 11.4 Å². The minimum atomic E-state index is -0.321. The van der Waals surface area contributed by atoms with E-state index in [1.165, 1.54) is 35.4 Å². The zero-order valence-electron chi connectivity index (χ0n) is 21.5. The summed E-state index contributed by atoms with van der Waals surface area (Å²) in [5.74, 6) is -1.28. The third kappa shape index (κ3) is 4.90. The summed E-state index contributed by atoms with van der Waals surface area (Å²) in [4.78, 5) is 49.9. The van der Waals surface area contributed by atoms with Crippen LogP contribution in [-0.4, -0.2) is 23.6 Å². The van der Waals surface area contributed by atoms with Crippen LogP contribution in [0.1, 0.15) is 11.1 Å². The average molecular weight is 525 g/mol. The molecule has 2 aliphatic rings. The minimum Gasteiger partial charge on any atom is -0.269 e. The molecule has 0 N–H and O–H groups in total. The molecule has 0 aliphatic carbocycles. The lowest BCUT2D eigenvalue weighted by Gasteiger charge is -2.14. The summed E-state index contributed by atoms with van der Waals surface area (Å²) in [6.45, 7) is 0. The lowest BCUT2D eigenvalue weighted by Crippen LogP contribution is -2.29. The van der Waals surface area contributed by atoms with E-state index in [4.69, 9.17) is 0 Å². The molecule has 0 fully saturated rings.